The molecule has 0 aromatic heterocycles. The number of halogens is 1. The summed E-state index contributed by atoms with van der Waals surface area (Å²) in [5.41, 5.74) is 1.06. The van der Waals surface area contributed by atoms with Gasteiger partial charge in [-0.15, -0.1) is 0 Å². The third-order valence-electron chi connectivity index (χ3n) is 2.93. The summed E-state index contributed by atoms with van der Waals surface area (Å²) >= 11 is 0. The van der Waals surface area contributed by atoms with Gasteiger partial charge in [0, 0.05) is 5.56 Å². The topological polar surface area (TPSA) is 53.2 Å². The van der Waals surface area contributed by atoms with Crippen molar-refractivity contribution in [2.75, 3.05) is 0 Å². The van der Waals surface area contributed by atoms with Crippen molar-refractivity contribution in [1.29, 1.82) is 5.26 Å². The van der Waals surface area contributed by atoms with Gasteiger partial charge in [0.1, 0.15) is 24.2 Å². The number of aliphatic hydroxyl groups is 1. The van der Waals surface area contributed by atoms with E-state index in [-0.39, 0.29) is 12.2 Å². The summed E-state index contributed by atoms with van der Waals surface area (Å²) in [5, 5.41) is 18.3. The molecule has 0 fully saturated rings. The SMILES string of the molecule is C[C@@H](O)c1cccc(OCc2cccc(C#N)c2F)c1. The summed E-state index contributed by atoms with van der Waals surface area (Å²) in [6.07, 6.45) is -0.586. The molecule has 0 saturated heterocycles. The van der Waals surface area contributed by atoms with E-state index < -0.39 is 11.9 Å². The molecule has 3 nitrogen and oxygen atoms in total. The fourth-order valence-electron chi connectivity index (χ4n) is 1.80. The van der Waals surface area contributed by atoms with Gasteiger partial charge in [0.05, 0.1) is 11.7 Å². The van der Waals surface area contributed by atoms with Crippen molar-refractivity contribution in [1.82, 2.24) is 0 Å². The van der Waals surface area contributed by atoms with Gasteiger partial charge in [-0.25, -0.2) is 4.39 Å². The second kappa shape index (κ2) is 6.18. The normalized spacial score (nSPS) is 11.7. The number of hydrogen-bond acceptors (Lipinski definition) is 3. The van der Waals surface area contributed by atoms with Gasteiger partial charge in [0.2, 0.25) is 0 Å². The lowest BCUT2D eigenvalue weighted by Crippen LogP contribution is -2.01. The molecule has 0 unspecified atom stereocenters. The van der Waals surface area contributed by atoms with Gasteiger partial charge in [-0.3, -0.25) is 0 Å². The highest BCUT2D eigenvalue weighted by Crippen LogP contribution is 2.21. The minimum Gasteiger partial charge on any atom is -0.489 e. The molecule has 0 spiro atoms. The van der Waals surface area contributed by atoms with Crippen LogP contribution in [0.25, 0.3) is 0 Å². The standard InChI is InChI=1S/C16H14FNO2/c1-11(19)12-4-3-7-15(8-12)20-10-14-6-2-5-13(9-18)16(14)17/h2-8,11,19H,10H2,1H3/t11-/m1/s1. The second-order valence-corrected chi connectivity index (χ2v) is 4.43. The van der Waals surface area contributed by atoms with E-state index in [1.807, 2.05) is 0 Å². The van der Waals surface area contributed by atoms with Gasteiger partial charge in [-0.05, 0) is 30.7 Å². The van der Waals surface area contributed by atoms with Crippen molar-refractivity contribution < 1.29 is 14.2 Å². The fourth-order valence-corrected chi connectivity index (χ4v) is 1.80. The molecule has 2 aromatic rings. The Labute approximate surface area is 116 Å². The number of aliphatic hydroxyl groups excluding tert-OH is 1. The molecule has 0 saturated carbocycles. The molecule has 0 aliphatic heterocycles. The lowest BCUT2D eigenvalue weighted by atomic mass is 10.1. The van der Waals surface area contributed by atoms with Crippen LogP contribution in [0.15, 0.2) is 42.5 Å². The van der Waals surface area contributed by atoms with Crippen LogP contribution in [-0.2, 0) is 6.61 Å². The van der Waals surface area contributed by atoms with E-state index in [0.29, 0.717) is 11.3 Å². The van der Waals surface area contributed by atoms with Crippen LogP contribution in [-0.4, -0.2) is 5.11 Å². The van der Waals surface area contributed by atoms with Crippen LogP contribution in [0.1, 0.15) is 29.7 Å². The fraction of sp³-hybridized carbons (Fsp3) is 0.188. The van der Waals surface area contributed by atoms with Gasteiger partial charge >= 0.3 is 0 Å². The summed E-state index contributed by atoms with van der Waals surface area (Å²) in [5.74, 6) is -0.00755. The molecule has 2 rings (SSSR count). The van der Waals surface area contributed by atoms with Crippen LogP contribution in [0.4, 0.5) is 4.39 Å². The van der Waals surface area contributed by atoms with Crippen LogP contribution in [0.3, 0.4) is 0 Å². The summed E-state index contributed by atoms with van der Waals surface area (Å²) in [4.78, 5) is 0. The average Bonchev–Trinajstić information content (AvgIpc) is 2.46. The molecule has 0 aliphatic rings. The van der Waals surface area contributed by atoms with Crippen LogP contribution in [0.2, 0.25) is 0 Å². The van der Waals surface area contributed by atoms with E-state index in [4.69, 9.17) is 10.00 Å². The maximum Gasteiger partial charge on any atom is 0.147 e. The Kier molecular flexibility index (Phi) is 4.34. The Morgan fingerprint density at radius 3 is 2.75 bits per heavy atom. The summed E-state index contributed by atoms with van der Waals surface area (Å²) in [6, 6.07) is 13.4. The third kappa shape index (κ3) is 3.14. The Morgan fingerprint density at radius 2 is 2.05 bits per heavy atom. The monoisotopic (exact) mass is 271 g/mol. The molecule has 20 heavy (non-hydrogen) atoms. The quantitative estimate of drug-likeness (QED) is 0.928. The molecular weight excluding hydrogens is 257 g/mol. The first-order chi connectivity index (χ1) is 9.61. The molecule has 0 amide bonds. The van der Waals surface area contributed by atoms with E-state index in [1.54, 1.807) is 49.4 Å². The minimum absolute atomic E-state index is 0.00355. The average molecular weight is 271 g/mol. The maximum atomic E-state index is 13.8. The number of benzene rings is 2. The molecular formula is C16H14FNO2. The van der Waals surface area contributed by atoms with Crippen molar-refractivity contribution in [3.8, 4) is 11.8 Å². The zero-order valence-corrected chi connectivity index (χ0v) is 11.0. The van der Waals surface area contributed by atoms with Gasteiger partial charge in [-0.2, -0.15) is 5.26 Å². The molecule has 0 heterocycles. The molecule has 0 aliphatic carbocycles. The van der Waals surface area contributed by atoms with Gasteiger partial charge < -0.3 is 9.84 Å². The largest absolute Gasteiger partial charge is 0.489 e. The van der Waals surface area contributed by atoms with E-state index in [2.05, 4.69) is 0 Å². The first kappa shape index (κ1) is 14.0. The van der Waals surface area contributed by atoms with Crippen molar-refractivity contribution >= 4 is 0 Å². The van der Waals surface area contributed by atoms with E-state index >= 15 is 0 Å². The van der Waals surface area contributed by atoms with E-state index in [1.165, 1.54) is 6.07 Å². The smallest absolute Gasteiger partial charge is 0.147 e. The van der Waals surface area contributed by atoms with Crippen LogP contribution in [0.5, 0.6) is 5.75 Å². The molecule has 2 aromatic carbocycles. The zero-order valence-electron chi connectivity index (χ0n) is 11.0. The third-order valence-corrected chi connectivity index (χ3v) is 2.93. The lowest BCUT2D eigenvalue weighted by Gasteiger charge is -2.10. The minimum atomic E-state index is -0.586. The Bertz CT molecular complexity index is 647. The molecule has 1 atom stereocenters. The number of hydrogen-bond donors (Lipinski definition) is 1. The predicted octanol–water partition coefficient (Wildman–Crippen LogP) is 3.33. The van der Waals surface area contributed by atoms with Crippen molar-refractivity contribution in [3.05, 3.63) is 65.0 Å². The maximum absolute atomic E-state index is 13.8. The van der Waals surface area contributed by atoms with E-state index in [0.717, 1.165) is 5.56 Å². The van der Waals surface area contributed by atoms with E-state index in [9.17, 15) is 9.50 Å². The Morgan fingerprint density at radius 1 is 1.30 bits per heavy atom. The Balaban J connectivity index is 2.13. The number of nitrogens with zero attached hydrogens (tertiary/aromatic N) is 1. The summed E-state index contributed by atoms with van der Waals surface area (Å²) in [6.45, 7) is 1.69. The molecule has 1 N–H and O–H groups in total. The molecule has 0 radical (unpaired) electrons. The molecule has 4 heteroatoms. The van der Waals surface area contributed by atoms with Crippen molar-refractivity contribution in [3.63, 3.8) is 0 Å². The highest BCUT2D eigenvalue weighted by molar-refractivity contribution is 5.35. The van der Waals surface area contributed by atoms with Crippen molar-refractivity contribution in [2.24, 2.45) is 0 Å². The van der Waals surface area contributed by atoms with Crippen molar-refractivity contribution in [2.45, 2.75) is 19.6 Å². The zero-order chi connectivity index (χ0) is 14.5. The molecule has 102 valence electrons. The highest BCUT2D eigenvalue weighted by Gasteiger charge is 2.08. The van der Waals surface area contributed by atoms with Crippen LogP contribution >= 0.6 is 0 Å². The van der Waals surface area contributed by atoms with Gasteiger partial charge in [0.25, 0.3) is 0 Å². The lowest BCUT2D eigenvalue weighted by molar-refractivity contribution is 0.198. The van der Waals surface area contributed by atoms with Gasteiger partial charge in [0.15, 0.2) is 0 Å². The first-order valence-electron chi connectivity index (χ1n) is 6.20. The van der Waals surface area contributed by atoms with Gasteiger partial charge in [-0.1, -0.05) is 24.3 Å². The van der Waals surface area contributed by atoms with Crippen LogP contribution < -0.4 is 4.74 Å². The summed E-state index contributed by atoms with van der Waals surface area (Å²) < 4.78 is 19.3. The molecule has 0 bridgehead atoms. The summed E-state index contributed by atoms with van der Waals surface area (Å²) in [7, 11) is 0. The second-order valence-electron chi connectivity index (χ2n) is 4.43. The van der Waals surface area contributed by atoms with Crippen LogP contribution in [0, 0.1) is 17.1 Å². The number of nitriles is 1. The highest BCUT2D eigenvalue weighted by atomic mass is 19.1. The number of rotatable bonds is 4. The first-order valence-corrected chi connectivity index (χ1v) is 6.20. The number of ether oxygens (including phenoxy) is 1. The predicted molar refractivity (Wildman–Crippen MR) is 72.5 cm³/mol. The Hall–Kier alpha value is -2.38.